The molecular weight excluding hydrogens is 443 g/mol. The van der Waals surface area contributed by atoms with Crippen molar-refractivity contribution in [3.8, 4) is 5.75 Å². The van der Waals surface area contributed by atoms with Gasteiger partial charge in [0.05, 0.1) is 5.92 Å². The van der Waals surface area contributed by atoms with E-state index in [1.54, 1.807) is 48.5 Å². The van der Waals surface area contributed by atoms with Gasteiger partial charge in [0.25, 0.3) is 0 Å². The van der Waals surface area contributed by atoms with Gasteiger partial charge in [-0.15, -0.1) is 0 Å². The lowest BCUT2D eigenvalue weighted by molar-refractivity contribution is -0.141. The Morgan fingerprint density at radius 2 is 1.72 bits per heavy atom. The lowest BCUT2D eigenvalue weighted by Crippen LogP contribution is -2.16. The molecule has 0 radical (unpaired) electrons. The second-order valence-corrected chi connectivity index (χ2v) is 7.97. The zero-order valence-corrected chi connectivity index (χ0v) is 17.2. The molecule has 2 atom stereocenters. The highest BCUT2D eigenvalue weighted by atomic mass is 32.2. The predicted molar refractivity (Wildman–Crippen MR) is 111 cm³/mol. The molecule has 0 fully saturated rings. The Kier molecular flexibility index (Phi) is 5.94. The van der Waals surface area contributed by atoms with Crippen molar-refractivity contribution in [2.45, 2.75) is 17.8 Å². The van der Waals surface area contributed by atoms with Crippen LogP contribution in [0.4, 0.5) is 13.2 Å². The number of rotatable bonds is 5. The second kappa shape index (κ2) is 8.68. The number of aromatic nitrogens is 1. The van der Waals surface area contributed by atoms with Gasteiger partial charge in [-0.05, 0) is 17.7 Å². The Bertz CT molecular complexity index is 1210. The Labute approximate surface area is 183 Å². The molecule has 3 aromatic rings. The molecule has 2 heterocycles. The minimum absolute atomic E-state index is 0.157. The molecule has 1 aliphatic rings. The lowest BCUT2D eigenvalue weighted by Gasteiger charge is -2.28. The summed E-state index contributed by atoms with van der Waals surface area (Å²) < 4.78 is 66.9. The summed E-state index contributed by atoms with van der Waals surface area (Å²) in [5.74, 6) is -0.206. The number of fused-ring (bicyclic) bond motifs is 1. The van der Waals surface area contributed by atoms with Gasteiger partial charge in [0.1, 0.15) is 23.5 Å². The zero-order valence-electron chi connectivity index (χ0n) is 16.3. The number of carbonyl (C=O) groups excluding carboxylic acids is 1. The van der Waals surface area contributed by atoms with E-state index >= 15 is 0 Å². The highest BCUT2D eigenvalue weighted by Crippen LogP contribution is 2.46. The largest absolute Gasteiger partial charge is 0.772 e. The van der Waals surface area contributed by atoms with E-state index in [-0.39, 0.29) is 11.5 Å². The Morgan fingerprint density at radius 1 is 1.03 bits per heavy atom. The fourth-order valence-corrected chi connectivity index (χ4v) is 4.03. The number of allylic oxidation sites excluding steroid dienone is 1. The van der Waals surface area contributed by atoms with E-state index in [1.807, 2.05) is 0 Å². The number of carbonyl (C=O) groups is 1. The van der Waals surface area contributed by atoms with Crippen LogP contribution in [0.5, 0.6) is 5.75 Å². The van der Waals surface area contributed by atoms with E-state index in [9.17, 15) is 26.7 Å². The minimum Gasteiger partial charge on any atom is -0.772 e. The Balaban J connectivity index is 1.87. The Morgan fingerprint density at radius 3 is 2.31 bits per heavy atom. The monoisotopic (exact) mass is 458 g/mol. The van der Waals surface area contributed by atoms with Crippen LogP contribution in [0.3, 0.4) is 0 Å². The van der Waals surface area contributed by atoms with Gasteiger partial charge in [-0.25, -0.2) is 0 Å². The lowest BCUT2D eigenvalue weighted by atomic mass is 9.83. The van der Waals surface area contributed by atoms with Crippen molar-refractivity contribution in [2.75, 3.05) is 0 Å². The maximum absolute atomic E-state index is 13.0. The van der Waals surface area contributed by atoms with Crippen LogP contribution < -0.4 is 4.74 Å². The van der Waals surface area contributed by atoms with E-state index in [0.717, 1.165) is 12.3 Å². The van der Waals surface area contributed by atoms with Crippen molar-refractivity contribution in [3.63, 3.8) is 0 Å². The molecule has 1 aromatic heterocycles. The SMILES string of the molecule is O=CC1C(c2ccc(C(F)(F)F)nc2)=C(c2ccc(CS(=O)[O-])cc2)Oc2ccccc21. The molecule has 0 N–H and O–H groups in total. The topological polar surface area (TPSA) is 79.3 Å². The molecule has 2 unspecified atom stereocenters. The van der Waals surface area contributed by atoms with E-state index in [2.05, 4.69) is 4.98 Å². The molecule has 4 rings (SSSR count). The van der Waals surface area contributed by atoms with Crippen LogP contribution in [-0.4, -0.2) is 20.0 Å². The van der Waals surface area contributed by atoms with Crippen LogP contribution in [0, 0.1) is 0 Å². The van der Waals surface area contributed by atoms with Gasteiger partial charge in [0.2, 0.25) is 0 Å². The molecule has 0 bridgehead atoms. The van der Waals surface area contributed by atoms with Crippen LogP contribution in [0.2, 0.25) is 0 Å². The van der Waals surface area contributed by atoms with Crippen LogP contribution in [0.25, 0.3) is 11.3 Å². The number of nitrogens with zero attached hydrogens (tertiary/aromatic N) is 1. The summed E-state index contributed by atoms with van der Waals surface area (Å²) in [7, 11) is 0. The number of alkyl halides is 3. The Hall–Kier alpha value is -3.30. The van der Waals surface area contributed by atoms with E-state index in [4.69, 9.17) is 4.74 Å². The van der Waals surface area contributed by atoms with Gasteiger partial charge in [0, 0.05) is 34.2 Å². The molecular formula is C23H15F3NO4S-. The first-order valence-corrected chi connectivity index (χ1v) is 10.7. The first-order valence-electron chi connectivity index (χ1n) is 9.43. The van der Waals surface area contributed by atoms with Crippen LogP contribution in [0.1, 0.15) is 33.9 Å². The van der Waals surface area contributed by atoms with Crippen LogP contribution >= 0.6 is 0 Å². The standard InChI is InChI=1S/C23H16F3NO4S/c24-23(25,26)20-10-9-16(11-27-20)21-18(12-28)17-3-1-2-4-19(17)31-22(21)15-7-5-14(6-8-15)13-32(29)30/h1-12,18H,13H2,(H,29,30)/p-1. The third kappa shape index (κ3) is 4.35. The van der Waals surface area contributed by atoms with Gasteiger partial charge >= 0.3 is 6.18 Å². The van der Waals surface area contributed by atoms with Gasteiger partial charge in [0.15, 0.2) is 0 Å². The number of pyridine rings is 1. The minimum atomic E-state index is -4.59. The number of halogens is 3. The summed E-state index contributed by atoms with van der Waals surface area (Å²) in [6.45, 7) is 0. The molecule has 0 saturated carbocycles. The summed E-state index contributed by atoms with van der Waals surface area (Å²) in [5.41, 5.74) is 1.33. The quantitative estimate of drug-likeness (QED) is 0.408. The molecule has 1 aliphatic heterocycles. The molecule has 0 spiro atoms. The number of aldehydes is 1. The molecule has 0 saturated heterocycles. The molecule has 2 aromatic carbocycles. The van der Waals surface area contributed by atoms with Crippen molar-refractivity contribution in [3.05, 3.63) is 94.8 Å². The number of hydrogen-bond acceptors (Lipinski definition) is 5. The number of hydrogen-bond donors (Lipinski definition) is 0. The summed E-state index contributed by atoms with van der Waals surface area (Å²) in [6.07, 6.45) is -2.81. The summed E-state index contributed by atoms with van der Waals surface area (Å²) >= 11 is -2.25. The van der Waals surface area contributed by atoms with Crippen molar-refractivity contribution in [2.24, 2.45) is 0 Å². The smallest absolute Gasteiger partial charge is 0.433 e. The summed E-state index contributed by atoms with van der Waals surface area (Å²) in [4.78, 5) is 15.7. The maximum Gasteiger partial charge on any atom is 0.433 e. The summed E-state index contributed by atoms with van der Waals surface area (Å²) in [6, 6.07) is 15.5. The fraction of sp³-hybridized carbons (Fsp3) is 0.130. The highest BCUT2D eigenvalue weighted by molar-refractivity contribution is 7.78. The normalized spacial score (nSPS) is 16.8. The number of benzene rings is 2. The number of ether oxygens (including phenoxy) is 1. The van der Waals surface area contributed by atoms with E-state index in [1.165, 1.54) is 6.07 Å². The van der Waals surface area contributed by atoms with Crippen molar-refractivity contribution in [1.29, 1.82) is 0 Å². The average molecular weight is 458 g/mol. The molecule has 9 heteroatoms. The molecule has 32 heavy (non-hydrogen) atoms. The van der Waals surface area contributed by atoms with Crippen molar-refractivity contribution in [1.82, 2.24) is 4.98 Å². The van der Waals surface area contributed by atoms with E-state index in [0.29, 0.717) is 39.9 Å². The third-order valence-corrected chi connectivity index (χ3v) is 5.59. The average Bonchev–Trinajstić information content (AvgIpc) is 2.77. The van der Waals surface area contributed by atoms with Gasteiger partial charge in [-0.2, -0.15) is 13.2 Å². The highest BCUT2D eigenvalue weighted by Gasteiger charge is 2.34. The first kappa shape index (κ1) is 21.9. The van der Waals surface area contributed by atoms with Gasteiger partial charge in [-0.1, -0.05) is 59.6 Å². The summed E-state index contributed by atoms with van der Waals surface area (Å²) in [5, 5.41) is 0. The predicted octanol–water partition coefficient (Wildman–Crippen LogP) is 4.72. The maximum atomic E-state index is 13.0. The van der Waals surface area contributed by atoms with Crippen molar-refractivity contribution >= 4 is 28.7 Å². The first-order chi connectivity index (χ1) is 15.3. The number of para-hydroxylation sites is 1. The van der Waals surface area contributed by atoms with Gasteiger partial charge < -0.3 is 14.1 Å². The molecule has 0 amide bonds. The van der Waals surface area contributed by atoms with Gasteiger partial charge in [-0.3, -0.25) is 9.19 Å². The van der Waals surface area contributed by atoms with E-state index < -0.39 is 28.9 Å². The van der Waals surface area contributed by atoms with Crippen LogP contribution in [0.15, 0.2) is 66.9 Å². The van der Waals surface area contributed by atoms with Crippen molar-refractivity contribution < 1.29 is 31.5 Å². The molecule has 5 nitrogen and oxygen atoms in total. The fourth-order valence-electron chi connectivity index (χ4n) is 3.57. The molecule has 164 valence electrons. The second-order valence-electron chi connectivity index (χ2n) is 7.07. The third-order valence-electron chi connectivity index (χ3n) is 5.02. The van der Waals surface area contributed by atoms with Crippen LogP contribution in [-0.2, 0) is 27.8 Å². The molecule has 0 aliphatic carbocycles. The zero-order chi connectivity index (χ0) is 22.9.